The highest BCUT2D eigenvalue weighted by Crippen LogP contribution is 2.25. The van der Waals surface area contributed by atoms with E-state index in [1.54, 1.807) is 24.1 Å². The molecule has 0 unspecified atom stereocenters. The number of benzene rings is 2. The predicted molar refractivity (Wildman–Crippen MR) is 133 cm³/mol. The van der Waals surface area contributed by atoms with Gasteiger partial charge in [-0.1, -0.05) is 67.6 Å². The van der Waals surface area contributed by atoms with Crippen LogP contribution in [0.5, 0.6) is 5.75 Å². The van der Waals surface area contributed by atoms with Crippen molar-refractivity contribution in [1.82, 2.24) is 10.2 Å². The molecule has 1 aliphatic carbocycles. The van der Waals surface area contributed by atoms with Gasteiger partial charge in [0, 0.05) is 22.6 Å². The highest BCUT2D eigenvalue weighted by Gasteiger charge is 2.30. The first-order valence-electron chi connectivity index (χ1n) is 11.6. The van der Waals surface area contributed by atoms with Crippen molar-refractivity contribution in [3.05, 3.63) is 63.6 Å². The molecule has 0 bridgehead atoms. The summed E-state index contributed by atoms with van der Waals surface area (Å²) < 4.78 is 5.21. The van der Waals surface area contributed by atoms with E-state index in [4.69, 9.17) is 27.9 Å². The summed E-state index contributed by atoms with van der Waals surface area (Å²) in [5, 5.41) is 4.20. The number of methoxy groups -OCH3 is 1. The summed E-state index contributed by atoms with van der Waals surface area (Å²) in [6, 6.07) is 12.2. The first-order chi connectivity index (χ1) is 15.9. The van der Waals surface area contributed by atoms with Crippen LogP contribution in [0.1, 0.15) is 56.6 Å². The Hall–Kier alpha value is -2.24. The third-order valence-corrected chi connectivity index (χ3v) is 6.79. The highest BCUT2D eigenvalue weighted by atomic mass is 35.5. The predicted octanol–water partition coefficient (Wildman–Crippen LogP) is 5.80. The van der Waals surface area contributed by atoms with E-state index in [9.17, 15) is 9.59 Å². The summed E-state index contributed by atoms with van der Waals surface area (Å²) in [4.78, 5) is 28.4. The smallest absolute Gasteiger partial charge is 0.243 e. The van der Waals surface area contributed by atoms with Crippen molar-refractivity contribution < 1.29 is 14.3 Å². The molecule has 0 spiro atoms. The Kier molecular flexibility index (Phi) is 9.45. The number of hydrogen-bond acceptors (Lipinski definition) is 3. The van der Waals surface area contributed by atoms with Gasteiger partial charge in [-0.2, -0.15) is 0 Å². The number of ether oxygens (including phenoxy) is 1. The molecule has 0 aliphatic heterocycles. The van der Waals surface area contributed by atoms with Gasteiger partial charge in [0.1, 0.15) is 11.8 Å². The number of amides is 2. The molecule has 178 valence electrons. The zero-order chi connectivity index (χ0) is 23.8. The van der Waals surface area contributed by atoms with Gasteiger partial charge in [-0.15, -0.1) is 0 Å². The van der Waals surface area contributed by atoms with Crippen LogP contribution in [0.3, 0.4) is 0 Å². The Bertz CT molecular complexity index is 943. The minimum atomic E-state index is -0.579. The third kappa shape index (κ3) is 7.12. The number of nitrogens with one attached hydrogen (secondary N) is 1. The van der Waals surface area contributed by atoms with Crippen molar-refractivity contribution in [1.29, 1.82) is 0 Å². The lowest BCUT2D eigenvalue weighted by atomic mass is 9.95. The summed E-state index contributed by atoms with van der Waals surface area (Å²) in [6.45, 7) is 2.17. The second-order valence-electron chi connectivity index (χ2n) is 8.55. The monoisotopic (exact) mass is 490 g/mol. The van der Waals surface area contributed by atoms with Crippen LogP contribution in [0.4, 0.5) is 0 Å². The number of rotatable bonds is 9. The third-order valence-electron chi connectivity index (χ3n) is 6.21. The van der Waals surface area contributed by atoms with E-state index in [-0.39, 0.29) is 30.8 Å². The lowest BCUT2D eigenvalue weighted by Crippen LogP contribution is -2.52. The Morgan fingerprint density at radius 1 is 1.09 bits per heavy atom. The van der Waals surface area contributed by atoms with Crippen molar-refractivity contribution >= 4 is 35.0 Å². The first kappa shape index (κ1) is 25.4. The van der Waals surface area contributed by atoms with Crippen molar-refractivity contribution in [2.24, 2.45) is 0 Å². The molecular formula is C26H32Cl2N2O3. The van der Waals surface area contributed by atoms with Gasteiger partial charge in [-0.3, -0.25) is 9.59 Å². The highest BCUT2D eigenvalue weighted by molar-refractivity contribution is 6.35. The second kappa shape index (κ2) is 12.3. The molecule has 0 radical (unpaired) electrons. The van der Waals surface area contributed by atoms with Crippen LogP contribution in [-0.4, -0.2) is 35.9 Å². The largest absolute Gasteiger partial charge is 0.497 e. The number of carbonyl (C=O) groups excluding carboxylic acids is 2. The topological polar surface area (TPSA) is 58.6 Å². The molecule has 33 heavy (non-hydrogen) atoms. The number of carbonyl (C=O) groups is 2. The minimum absolute atomic E-state index is 0.0995. The zero-order valence-corrected chi connectivity index (χ0v) is 20.8. The molecule has 2 amide bonds. The molecule has 2 aromatic rings. The molecule has 1 saturated carbocycles. The Labute approximate surface area is 206 Å². The van der Waals surface area contributed by atoms with E-state index in [2.05, 4.69) is 5.32 Å². The van der Waals surface area contributed by atoms with Crippen LogP contribution >= 0.6 is 23.2 Å². The van der Waals surface area contributed by atoms with Gasteiger partial charge in [-0.25, -0.2) is 0 Å². The van der Waals surface area contributed by atoms with E-state index in [1.165, 1.54) is 6.42 Å². The molecule has 5 nitrogen and oxygen atoms in total. The number of halogens is 2. The average Bonchev–Trinajstić information content (AvgIpc) is 2.81. The SMILES string of the molecule is CC[C@H](C(=O)NC1CCCCC1)N(Cc1ccc(Cl)cc1Cl)C(=O)Cc1ccc(OC)cc1. The Morgan fingerprint density at radius 3 is 2.39 bits per heavy atom. The van der Waals surface area contributed by atoms with Crippen molar-refractivity contribution in [2.75, 3.05) is 7.11 Å². The van der Waals surface area contributed by atoms with Crippen LogP contribution in [0.15, 0.2) is 42.5 Å². The van der Waals surface area contributed by atoms with Gasteiger partial charge in [0.2, 0.25) is 11.8 Å². The minimum Gasteiger partial charge on any atom is -0.497 e. The fourth-order valence-corrected chi connectivity index (χ4v) is 4.79. The van der Waals surface area contributed by atoms with E-state index >= 15 is 0 Å². The molecule has 1 fully saturated rings. The summed E-state index contributed by atoms with van der Waals surface area (Å²) in [6.07, 6.45) is 6.14. The van der Waals surface area contributed by atoms with Gasteiger partial charge in [0.25, 0.3) is 0 Å². The van der Waals surface area contributed by atoms with Crippen LogP contribution in [-0.2, 0) is 22.6 Å². The molecule has 7 heteroatoms. The van der Waals surface area contributed by atoms with Gasteiger partial charge in [-0.05, 0) is 54.7 Å². The lowest BCUT2D eigenvalue weighted by Gasteiger charge is -2.33. The van der Waals surface area contributed by atoms with Gasteiger partial charge < -0.3 is 15.0 Å². The summed E-state index contributed by atoms with van der Waals surface area (Å²) in [5.41, 5.74) is 1.61. The zero-order valence-electron chi connectivity index (χ0n) is 19.3. The van der Waals surface area contributed by atoms with Crippen LogP contribution in [0.25, 0.3) is 0 Å². The normalized spacial score (nSPS) is 15.0. The summed E-state index contributed by atoms with van der Waals surface area (Å²) >= 11 is 12.5. The van der Waals surface area contributed by atoms with E-state index in [1.807, 2.05) is 37.3 Å². The maximum absolute atomic E-state index is 13.5. The molecule has 0 aromatic heterocycles. The van der Waals surface area contributed by atoms with Gasteiger partial charge in [0.15, 0.2) is 0 Å². The first-order valence-corrected chi connectivity index (χ1v) is 12.3. The fourth-order valence-electron chi connectivity index (χ4n) is 4.32. The number of nitrogens with zero attached hydrogens (tertiary/aromatic N) is 1. The van der Waals surface area contributed by atoms with Crippen LogP contribution in [0.2, 0.25) is 10.0 Å². The molecule has 3 rings (SSSR count). The molecule has 2 aromatic carbocycles. The molecular weight excluding hydrogens is 459 g/mol. The lowest BCUT2D eigenvalue weighted by molar-refractivity contribution is -0.141. The van der Waals surface area contributed by atoms with Crippen LogP contribution < -0.4 is 10.1 Å². The average molecular weight is 491 g/mol. The van der Waals surface area contributed by atoms with Crippen molar-refractivity contribution in [3.63, 3.8) is 0 Å². The van der Waals surface area contributed by atoms with Gasteiger partial charge >= 0.3 is 0 Å². The second-order valence-corrected chi connectivity index (χ2v) is 9.39. The van der Waals surface area contributed by atoms with Crippen LogP contribution in [0, 0.1) is 0 Å². The fraction of sp³-hybridized carbons (Fsp3) is 0.462. The maximum atomic E-state index is 13.5. The van der Waals surface area contributed by atoms with E-state index in [0.29, 0.717) is 16.5 Å². The summed E-state index contributed by atoms with van der Waals surface area (Å²) in [7, 11) is 1.61. The maximum Gasteiger partial charge on any atom is 0.243 e. The van der Waals surface area contributed by atoms with Gasteiger partial charge in [0.05, 0.1) is 13.5 Å². The standard InChI is InChI=1S/C26H32Cl2N2O3/c1-3-24(26(32)29-21-7-5-4-6-8-21)30(17-19-11-12-20(27)16-23(19)28)25(31)15-18-9-13-22(33-2)14-10-18/h9-14,16,21,24H,3-8,15,17H2,1-2H3,(H,29,32)/t24-/m1/s1. The summed E-state index contributed by atoms with van der Waals surface area (Å²) in [5.74, 6) is 0.503. The quantitative estimate of drug-likeness (QED) is 0.482. The van der Waals surface area contributed by atoms with Crippen molar-refractivity contribution in [3.8, 4) is 5.75 Å². The number of hydrogen-bond donors (Lipinski definition) is 1. The Morgan fingerprint density at radius 2 is 1.79 bits per heavy atom. The molecule has 0 saturated heterocycles. The molecule has 1 atom stereocenters. The van der Waals surface area contributed by atoms with Crippen molar-refractivity contribution in [2.45, 2.75) is 70.5 Å². The molecule has 1 aliphatic rings. The van der Waals surface area contributed by atoms with E-state index < -0.39 is 6.04 Å². The Balaban J connectivity index is 1.82. The van der Waals surface area contributed by atoms with E-state index in [0.717, 1.165) is 42.6 Å². The molecule has 1 N–H and O–H groups in total. The molecule has 0 heterocycles.